The number of halogens is 2. The summed E-state index contributed by atoms with van der Waals surface area (Å²) in [4.78, 5) is 16.4. The summed E-state index contributed by atoms with van der Waals surface area (Å²) in [6, 6.07) is 7.73. The average Bonchev–Trinajstić information content (AvgIpc) is 2.66. The minimum atomic E-state index is -0.756. The van der Waals surface area contributed by atoms with Gasteiger partial charge in [-0.15, -0.1) is 0 Å². The topological polar surface area (TPSA) is 68.7 Å². The molecule has 2 aromatic carbocycles. The van der Waals surface area contributed by atoms with Gasteiger partial charge in [0.15, 0.2) is 5.69 Å². The van der Waals surface area contributed by atoms with Crippen molar-refractivity contribution in [3.05, 3.63) is 65.5 Å². The Bertz CT molecular complexity index is 987. The summed E-state index contributed by atoms with van der Waals surface area (Å²) in [6.07, 6.45) is 3.11. The maximum atomic E-state index is 13.4. The highest BCUT2D eigenvalue weighted by Crippen LogP contribution is 2.29. The van der Waals surface area contributed by atoms with Gasteiger partial charge in [0, 0.05) is 35.3 Å². The number of rotatable bonds is 7. The smallest absolute Gasteiger partial charge is 0.357 e. The highest BCUT2D eigenvalue weighted by atomic mass is 19.1. The molecule has 0 saturated heterocycles. The summed E-state index contributed by atoms with van der Waals surface area (Å²) < 4.78 is 37.4. The molecule has 0 amide bonds. The number of benzene rings is 2. The van der Waals surface area contributed by atoms with Crippen molar-refractivity contribution in [3.8, 4) is 11.5 Å². The molecule has 5 nitrogen and oxygen atoms in total. The number of ether oxygens (including phenoxy) is 2. The van der Waals surface area contributed by atoms with Crippen molar-refractivity contribution in [2.75, 3.05) is 6.61 Å². The molecule has 0 aliphatic carbocycles. The molecule has 0 aliphatic heterocycles. The number of aliphatic hydroxyl groups is 1. The molecular formula is C21H19F2NO4. The van der Waals surface area contributed by atoms with Gasteiger partial charge >= 0.3 is 5.97 Å². The molecule has 7 heteroatoms. The highest BCUT2D eigenvalue weighted by Gasteiger charge is 2.17. The van der Waals surface area contributed by atoms with E-state index in [2.05, 4.69) is 4.98 Å². The fourth-order valence-corrected chi connectivity index (χ4v) is 2.75. The Morgan fingerprint density at radius 1 is 1.11 bits per heavy atom. The molecule has 0 fully saturated rings. The molecule has 0 saturated carbocycles. The molecule has 0 aliphatic rings. The molecule has 28 heavy (non-hydrogen) atoms. The van der Waals surface area contributed by atoms with E-state index in [-0.39, 0.29) is 18.1 Å². The molecular weight excluding hydrogens is 368 g/mol. The van der Waals surface area contributed by atoms with Crippen LogP contribution in [0.2, 0.25) is 0 Å². The molecule has 1 N–H and O–H groups in total. The highest BCUT2D eigenvalue weighted by molar-refractivity contribution is 5.96. The summed E-state index contributed by atoms with van der Waals surface area (Å²) in [5, 5.41) is 11.0. The third-order valence-corrected chi connectivity index (χ3v) is 4.12. The summed E-state index contributed by atoms with van der Waals surface area (Å²) in [5.41, 5.74) is 0.329. The van der Waals surface area contributed by atoms with Crippen molar-refractivity contribution in [3.63, 3.8) is 0 Å². The molecule has 0 bridgehead atoms. The van der Waals surface area contributed by atoms with Crippen molar-refractivity contribution >= 4 is 16.7 Å². The molecule has 0 spiro atoms. The molecule has 3 rings (SSSR count). The van der Waals surface area contributed by atoms with Gasteiger partial charge in [-0.2, -0.15) is 0 Å². The number of carbonyl (C=O) groups excluding carboxylic acids is 1. The molecule has 0 radical (unpaired) electrons. The van der Waals surface area contributed by atoms with Gasteiger partial charge < -0.3 is 14.6 Å². The van der Waals surface area contributed by atoms with Crippen molar-refractivity contribution in [1.29, 1.82) is 0 Å². The van der Waals surface area contributed by atoms with E-state index in [1.165, 1.54) is 6.20 Å². The number of pyridine rings is 1. The lowest BCUT2D eigenvalue weighted by molar-refractivity contribution is 0.0489. The van der Waals surface area contributed by atoms with Gasteiger partial charge in [-0.25, -0.2) is 18.6 Å². The summed E-state index contributed by atoms with van der Waals surface area (Å²) in [7, 11) is 0. The quantitative estimate of drug-likeness (QED) is 0.468. The second-order valence-corrected chi connectivity index (χ2v) is 6.19. The van der Waals surface area contributed by atoms with E-state index in [0.29, 0.717) is 22.1 Å². The first-order chi connectivity index (χ1) is 13.5. The van der Waals surface area contributed by atoms with Gasteiger partial charge in [-0.05, 0) is 30.0 Å². The Morgan fingerprint density at radius 2 is 1.86 bits per heavy atom. The zero-order valence-electron chi connectivity index (χ0n) is 15.2. The molecule has 1 heterocycles. The van der Waals surface area contributed by atoms with Crippen LogP contribution < -0.4 is 4.74 Å². The lowest BCUT2D eigenvalue weighted by atomic mass is 10.0. The van der Waals surface area contributed by atoms with E-state index in [9.17, 15) is 18.7 Å². The van der Waals surface area contributed by atoms with Gasteiger partial charge in [-0.1, -0.05) is 13.3 Å². The summed E-state index contributed by atoms with van der Waals surface area (Å²) >= 11 is 0. The Balaban J connectivity index is 1.96. The number of unbranched alkanes of at least 4 members (excludes halogenated alkanes) is 1. The third-order valence-electron chi connectivity index (χ3n) is 4.12. The van der Waals surface area contributed by atoms with Crippen LogP contribution in [-0.2, 0) is 11.3 Å². The lowest BCUT2D eigenvalue weighted by Crippen LogP contribution is -2.12. The zero-order valence-corrected chi connectivity index (χ0v) is 15.2. The van der Waals surface area contributed by atoms with E-state index >= 15 is 0 Å². The normalized spacial score (nSPS) is 10.9. The standard InChI is InChI=1S/C21H19F2NO4/c1-2-3-6-27-21(26)20-19(12-25)18-10-16(5-4-13(18)11-24-20)28-17-8-14(22)7-15(23)9-17/h4-5,7-11,25H,2-3,6,12H2,1H3. The van der Waals surface area contributed by atoms with Crippen LogP contribution in [0.25, 0.3) is 10.8 Å². The molecule has 0 atom stereocenters. The first-order valence-electron chi connectivity index (χ1n) is 8.85. The van der Waals surface area contributed by atoms with Crippen LogP contribution in [0.4, 0.5) is 8.78 Å². The maximum Gasteiger partial charge on any atom is 0.357 e. The van der Waals surface area contributed by atoms with E-state index in [0.717, 1.165) is 31.0 Å². The number of hydrogen-bond donors (Lipinski definition) is 1. The second-order valence-electron chi connectivity index (χ2n) is 6.19. The van der Waals surface area contributed by atoms with Crippen LogP contribution in [0.3, 0.4) is 0 Å². The largest absolute Gasteiger partial charge is 0.461 e. The monoisotopic (exact) mass is 387 g/mol. The van der Waals surface area contributed by atoms with Gasteiger partial charge in [0.1, 0.15) is 23.1 Å². The van der Waals surface area contributed by atoms with Crippen molar-refractivity contribution in [2.24, 2.45) is 0 Å². The van der Waals surface area contributed by atoms with Gasteiger partial charge in [0.25, 0.3) is 0 Å². The Morgan fingerprint density at radius 3 is 2.54 bits per heavy atom. The van der Waals surface area contributed by atoms with E-state index in [1.54, 1.807) is 18.2 Å². The summed E-state index contributed by atoms with van der Waals surface area (Å²) in [5.74, 6) is -1.83. The fourth-order valence-electron chi connectivity index (χ4n) is 2.75. The zero-order chi connectivity index (χ0) is 20.1. The molecule has 1 aromatic heterocycles. The number of fused-ring (bicyclic) bond motifs is 1. The predicted molar refractivity (Wildman–Crippen MR) is 99.3 cm³/mol. The number of hydrogen-bond acceptors (Lipinski definition) is 5. The average molecular weight is 387 g/mol. The van der Waals surface area contributed by atoms with Crippen molar-refractivity contribution < 1.29 is 28.2 Å². The number of nitrogens with zero attached hydrogens (tertiary/aromatic N) is 1. The SMILES string of the molecule is CCCCOC(=O)c1ncc2ccc(Oc3cc(F)cc(F)c3)cc2c1CO. The lowest BCUT2D eigenvalue weighted by Gasteiger charge is -2.12. The molecule has 0 unspecified atom stereocenters. The van der Waals surface area contributed by atoms with Crippen LogP contribution in [0, 0.1) is 11.6 Å². The minimum absolute atomic E-state index is 0.00402. The van der Waals surface area contributed by atoms with Gasteiger partial charge in [0.05, 0.1) is 13.2 Å². The second kappa shape index (κ2) is 8.75. The van der Waals surface area contributed by atoms with Crippen molar-refractivity contribution in [2.45, 2.75) is 26.4 Å². The number of esters is 1. The number of aliphatic hydroxyl groups excluding tert-OH is 1. The number of aromatic nitrogens is 1. The minimum Gasteiger partial charge on any atom is -0.461 e. The van der Waals surface area contributed by atoms with E-state index in [1.807, 2.05) is 6.92 Å². The molecule has 146 valence electrons. The van der Waals surface area contributed by atoms with Gasteiger partial charge in [-0.3, -0.25) is 0 Å². The maximum absolute atomic E-state index is 13.4. The fraction of sp³-hybridized carbons (Fsp3) is 0.238. The van der Waals surface area contributed by atoms with Crippen LogP contribution in [0.1, 0.15) is 35.8 Å². The Hall–Kier alpha value is -3.06. The van der Waals surface area contributed by atoms with Crippen molar-refractivity contribution in [1.82, 2.24) is 4.98 Å². The first kappa shape index (κ1) is 19.7. The van der Waals surface area contributed by atoms with E-state index < -0.39 is 24.2 Å². The molecule has 3 aromatic rings. The third kappa shape index (κ3) is 4.43. The Kier molecular flexibility index (Phi) is 6.16. The predicted octanol–water partition coefficient (Wildman–Crippen LogP) is 4.75. The van der Waals surface area contributed by atoms with Crippen LogP contribution in [0.5, 0.6) is 11.5 Å². The summed E-state index contributed by atoms with van der Waals surface area (Å²) in [6.45, 7) is 1.82. The van der Waals surface area contributed by atoms with Crippen LogP contribution in [-0.4, -0.2) is 22.7 Å². The first-order valence-corrected chi connectivity index (χ1v) is 8.85. The van der Waals surface area contributed by atoms with Gasteiger partial charge in [0.2, 0.25) is 0 Å². The van der Waals surface area contributed by atoms with E-state index in [4.69, 9.17) is 9.47 Å². The van der Waals surface area contributed by atoms with Crippen LogP contribution >= 0.6 is 0 Å². The Labute approximate surface area is 160 Å². The van der Waals surface area contributed by atoms with Crippen LogP contribution in [0.15, 0.2) is 42.6 Å². The number of carbonyl (C=O) groups is 1.